The van der Waals surface area contributed by atoms with Crippen molar-refractivity contribution in [1.82, 2.24) is 9.80 Å². The van der Waals surface area contributed by atoms with Crippen molar-refractivity contribution in [3.8, 4) is 0 Å². The Kier molecular flexibility index (Phi) is 5.98. The minimum absolute atomic E-state index is 0.0740. The molecule has 6 heteroatoms. The average molecular weight is 319 g/mol. The van der Waals surface area contributed by atoms with Gasteiger partial charge in [-0.2, -0.15) is 0 Å². The van der Waals surface area contributed by atoms with Gasteiger partial charge >= 0.3 is 6.09 Å². The summed E-state index contributed by atoms with van der Waals surface area (Å²) in [7, 11) is 1.75. The SMILES string of the molecule is C[C@H](N)C(=O)N(C)C[C@@H]1CCN(C(=O)OCc2ccccc2)C1. The Morgan fingerprint density at radius 1 is 1.39 bits per heavy atom. The molecular formula is C17H25N3O3. The van der Waals surface area contributed by atoms with Crippen molar-refractivity contribution in [3.63, 3.8) is 0 Å². The molecule has 2 rings (SSSR count). The molecular weight excluding hydrogens is 294 g/mol. The minimum atomic E-state index is -0.492. The quantitative estimate of drug-likeness (QED) is 0.891. The maximum atomic E-state index is 12.1. The topological polar surface area (TPSA) is 75.9 Å². The number of carbonyl (C=O) groups excluding carboxylic acids is 2. The van der Waals surface area contributed by atoms with Gasteiger partial charge in [0.05, 0.1) is 6.04 Å². The summed E-state index contributed by atoms with van der Waals surface area (Å²) >= 11 is 0. The summed E-state index contributed by atoms with van der Waals surface area (Å²) in [6.07, 6.45) is 0.578. The number of ether oxygens (including phenoxy) is 1. The van der Waals surface area contributed by atoms with Crippen molar-refractivity contribution >= 4 is 12.0 Å². The fourth-order valence-corrected chi connectivity index (χ4v) is 2.78. The molecule has 0 aliphatic carbocycles. The van der Waals surface area contributed by atoms with Crippen LogP contribution in [0.3, 0.4) is 0 Å². The van der Waals surface area contributed by atoms with Gasteiger partial charge in [-0.25, -0.2) is 4.79 Å². The minimum Gasteiger partial charge on any atom is -0.445 e. The molecule has 23 heavy (non-hydrogen) atoms. The Labute approximate surface area is 137 Å². The molecule has 0 unspecified atom stereocenters. The molecule has 126 valence electrons. The first-order valence-electron chi connectivity index (χ1n) is 7.93. The van der Waals surface area contributed by atoms with Crippen molar-refractivity contribution in [2.24, 2.45) is 11.7 Å². The van der Waals surface area contributed by atoms with Crippen LogP contribution in [-0.4, -0.2) is 54.5 Å². The van der Waals surface area contributed by atoms with Crippen LogP contribution in [0.4, 0.5) is 4.79 Å². The van der Waals surface area contributed by atoms with Gasteiger partial charge in [-0.15, -0.1) is 0 Å². The molecule has 2 N–H and O–H groups in total. The third-order valence-corrected chi connectivity index (χ3v) is 4.05. The number of hydrogen-bond acceptors (Lipinski definition) is 4. The Morgan fingerprint density at radius 3 is 2.74 bits per heavy atom. The lowest BCUT2D eigenvalue weighted by Crippen LogP contribution is -2.42. The highest BCUT2D eigenvalue weighted by Gasteiger charge is 2.29. The molecule has 1 aliphatic heterocycles. The van der Waals surface area contributed by atoms with Crippen LogP contribution in [0.15, 0.2) is 30.3 Å². The Hall–Kier alpha value is -2.08. The number of rotatable bonds is 5. The second-order valence-corrected chi connectivity index (χ2v) is 6.15. The molecule has 6 nitrogen and oxygen atoms in total. The number of hydrogen-bond donors (Lipinski definition) is 1. The van der Waals surface area contributed by atoms with E-state index in [0.29, 0.717) is 19.6 Å². The van der Waals surface area contributed by atoms with Gasteiger partial charge in [0.1, 0.15) is 6.61 Å². The number of carbonyl (C=O) groups is 2. The van der Waals surface area contributed by atoms with Gasteiger partial charge in [0.2, 0.25) is 5.91 Å². The Balaban J connectivity index is 1.76. The van der Waals surface area contributed by atoms with Gasteiger partial charge in [-0.3, -0.25) is 4.79 Å². The fourth-order valence-electron chi connectivity index (χ4n) is 2.78. The standard InChI is InChI=1S/C17H25N3O3/c1-13(18)16(21)19(2)10-15-8-9-20(11-15)17(22)23-12-14-6-4-3-5-7-14/h3-7,13,15H,8-12,18H2,1-2H3/t13-,15-/m0/s1. The van der Waals surface area contributed by atoms with Gasteiger partial charge < -0.3 is 20.3 Å². The summed E-state index contributed by atoms with van der Waals surface area (Å²) in [5, 5.41) is 0. The molecule has 1 fully saturated rings. The average Bonchev–Trinajstić information content (AvgIpc) is 3.01. The lowest BCUT2D eigenvalue weighted by atomic mass is 10.1. The van der Waals surface area contributed by atoms with Crippen LogP contribution >= 0.6 is 0 Å². The van der Waals surface area contributed by atoms with Gasteiger partial charge in [0.15, 0.2) is 0 Å². The van der Waals surface area contributed by atoms with Crippen molar-refractivity contribution in [1.29, 1.82) is 0 Å². The largest absolute Gasteiger partial charge is 0.445 e. The van der Waals surface area contributed by atoms with E-state index in [0.717, 1.165) is 12.0 Å². The molecule has 1 saturated heterocycles. The molecule has 0 aromatic heterocycles. The van der Waals surface area contributed by atoms with Crippen LogP contribution in [0.1, 0.15) is 18.9 Å². The molecule has 0 saturated carbocycles. The van der Waals surface area contributed by atoms with E-state index < -0.39 is 6.04 Å². The van der Waals surface area contributed by atoms with E-state index in [1.807, 2.05) is 30.3 Å². The smallest absolute Gasteiger partial charge is 0.410 e. The van der Waals surface area contributed by atoms with Gasteiger partial charge in [0.25, 0.3) is 0 Å². The second-order valence-electron chi connectivity index (χ2n) is 6.15. The van der Waals surface area contributed by atoms with Gasteiger partial charge in [-0.1, -0.05) is 30.3 Å². The summed E-state index contributed by atoms with van der Waals surface area (Å²) in [4.78, 5) is 27.2. The first-order valence-corrected chi connectivity index (χ1v) is 7.93. The highest BCUT2D eigenvalue weighted by atomic mass is 16.6. The highest BCUT2D eigenvalue weighted by molar-refractivity contribution is 5.80. The van der Waals surface area contributed by atoms with E-state index in [-0.39, 0.29) is 24.5 Å². The van der Waals surface area contributed by atoms with Crippen LogP contribution in [0.5, 0.6) is 0 Å². The van der Waals surface area contributed by atoms with E-state index in [1.165, 1.54) is 0 Å². The van der Waals surface area contributed by atoms with Crippen molar-refractivity contribution in [3.05, 3.63) is 35.9 Å². The molecule has 1 aliphatic rings. The molecule has 0 bridgehead atoms. The number of benzene rings is 1. The monoisotopic (exact) mass is 319 g/mol. The fraction of sp³-hybridized carbons (Fsp3) is 0.529. The molecule has 2 atom stereocenters. The summed E-state index contributed by atoms with van der Waals surface area (Å²) in [5.41, 5.74) is 6.58. The Bertz CT molecular complexity index is 533. The summed E-state index contributed by atoms with van der Waals surface area (Å²) < 4.78 is 5.34. The zero-order valence-corrected chi connectivity index (χ0v) is 13.8. The number of nitrogens with two attached hydrogens (primary N) is 1. The van der Waals surface area contributed by atoms with Crippen LogP contribution in [-0.2, 0) is 16.1 Å². The zero-order chi connectivity index (χ0) is 16.8. The third-order valence-electron chi connectivity index (χ3n) is 4.05. The Morgan fingerprint density at radius 2 is 2.09 bits per heavy atom. The van der Waals surface area contributed by atoms with E-state index in [2.05, 4.69) is 0 Å². The normalized spacial score (nSPS) is 18.6. The summed E-state index contributed by atoms with van der Waals surface area (Å²) in [5.74, 6) is 0.196. The molecule has 0 spiro atoms. The van der Waals surface area contributed by atoms with Crippen molar-refractivity contribution in [2.45, 2.75) is 26.0 Å². The van der Waals surface area contributed by atoms with E-state index >= 15 is 0 Å². The predicted octanol–water partition coefficient (Wildman–Crippen LogP) is 1.45. The van der Waals surface area contributed by atoms with Crippen LogP contribution in [0.25, 0.3) is 0 Å². The van der Waals surface area contributed by atoms with Crippen LogP contribution < -0.4 is 5.73 Å². The highest BCUT2D eigenvalue weighted by Crippen LogP contribution is 2.18. The maximum absolute atomic E-state index is 12.1. The zero-order valence-electron chi connectivity index (χ0n) is 13.8. The van der Waals surface area contributed by atoms with Gasteiger partial charge in [-0.05, 0) is 24.8 Å². The third kappa shape index (κ3) is 4.96. The van der Waals surface area contributed by atoms with E-state index in [4.69, 9.17) is 10.5 Å². The second kappa shape index (κ2) is 7.97. The van der Waals surface area contributed by atoms with Crippen LogP contribution in [0.2, 0.25) is 0 Å². The molecule has 1 aromatic carbocycles. The van der Waals surface area contributed by atoms with Crippen molar-refractivity contribution < 1.29 is 14.3 Å². The first kappa shape index (κ1) is 17.3. The molecule has 0 radical (unpaired) electrons. The van der Waals surface area contributed by atoms with E-state index in [9.17, 15) is 9.59 Å². The van der Waals surface area contributed by atoms with Crippen molar-refractivity contribution in [2.75, 3.05) is 26.7 Å². The maximum Gasteiger partial charge on any atom is 0.410 e. The predicted molar refractivity (Wildman–Crippen MR) is 87.6 cm³/mol. The van der Waals surface area contributed by atoms with Gasteiger partial charge in [0, 0.05) is 26.7 Å². The molecule has 1 heterocycles. The lowest BCUT2D eigenvalue weighted by molar-refractivity contribution is -0.131. The first-order chi connectivity index (χ1) is 11.0. The summed E-state index contributed by atoms with van der Waals surface area (Å²) in [6.45, 7) is 3.86. The van der Waals surface area contributed by atoms with Crippen LogP contribution in [0, 0.1) is 5.92 Å². The number of amides is 2. The molecule has 2 amide bonds. The number of likely N-dealkylation sites (N-methyl/N-ethyl adjacent to an activating group) is 1. The number of nitrogens with zero attached hydrogens (tertiary/aromatic N) is 2. The number of likely N-dealkylation sites (tertiary alicyclic amines) is 1. The van der Waals surface area contributed by atoms with E-state index in [1.54, 1.807) is 23.8 Å². The molecule has 1 aromatic rings. The summed E-state index contributed by atoms with van der Waals surface area (Å²) in [6, 6.07) is 9.12. The lowest BCUT2D eigenvalue weighted by Gasteiger charge is -2.23.